The zero-order chi connectivity index (χ0) is 13.6. The Hall–Kier alpha value is -0.620. The lowest BCUT2D eigenvalue weighted by atomic mass is 10.0. The monoisotopic (exact) mass is 286 g/mol. The molecular formula is C13H22N2O3S. The molecule has 6 heteroatoms. The summed E-state index contributed by atoms with van der Waals surface area (Å²) in [7, 11) is -2.94. The van der Waals surface area contributed by atoms with Crippen LogP contribution in [0.3, 0.4) is 0 Å². The summed E-state index contributed by atoms with van der Waals surface area (Å²) in [5, 5.41) is 3.38. The largest absolute Gasteiger partial charge is 0.321 e. The van der Waals surface area contributed by atoms with Crippen molar-refractivity contribution in [2.24, 2.45) is 5.92 Å². The first-order chi connectivity index (χ1) is 8.98. The van der Waals surface area contributed by atoms with Crippen LogP contribution in [0, 0.1) is 5.92 Å². The van der Waals surface area contributed by atoms with Crippen molar-refractivity contribution in [1.82, 2.24) is 10.2 Å². The molecule has 1 amide bonds. The van der Waals surface area contributed by atoms with E-state index in [0.717, 1.165) is 12.8 Å². The zero-order valence-electron chi connectivity index (χ0n) is 11.3. The van der Waals surface area contributed by atoms with E-state index in [1.165, 1.54) is 12.8 Å². The van der Waals surface area contributed by atoms with Crippen LogP contribution in [0.2, 0.25) is 0 Å². The molecule has 2 saturated heterocycles. The molecule has 2 heterocycles. The van der Waals surface area contributed by atoms with Gasteiger partial charge in [0.25, 0.3) is 0 Å². The molecule has 3 unspecified atom stereocenters. The second kappa shape index (κ2) is 4.74. The Bertz CT molecular complexity index is 470. The average Bonchev–Trinajstić information content (AvgIpc) is 3.01. The van der Waals surface area contributed by atoms with E-state index in [4.69, 9.17) is 0 Å². The lowest BCUT2D eigenvalue weighted by molar-refractivity contribution is -0.132. The number of hydrogen-bond donors (Lipinski definition) is 1. The van der Waals surface area contributed by atoms with E-state index in [1.54, 1.807) is 0 Å². The molecule has 1 aliphatic carbocycles. The van der Waals surface area contributed by atoms with Gasteiger partial charge in [0.15, 0.2) is 9.84 Å². The summed E-state index contributed by atoms with van der Waals surface area (Å²) in [6, 6.07) is -0.283. The van der Waals surface area contributed by atoms with Crippen LogP contribution >= 0.6 is 0 Å². The van der Waals surface area contributed by atoms with E-state index >= 15 is 0 Å². The molecule has 108 valence electrons. The van der Waals surface area contributed by atoms with E-state index in [9.17, 15) is 13.2 Å². The molecule has 2 aliphatic heterocycles. The van der Waals surface area contributed by atoms with E-state index in [-0.39, 0.29) is 35.7 Å². The van der Waals surface area contributed by atoms with Crippen molar-refractivity contribution in [1.29, 1.82) is 0 Å². The van der Waals surface area contributed by atoms with Crippen LogP contribution in [0.15, 0.2) is 0 Å². The fourth-order valence-electron chi connectivity index (χ4n) is 3.81. The topological polar surface area (TPSA) is 66.5 Å². The van der Waals surface area contributed by atoms with Crippen molar-refractivity contribution < 1.29 is 13.2 Å². The number of amides is 1. The minimum atomic E-state index is -2.94. The Labute approximate surface area is 114 Å². The van der Waals surface area contributed by atoms with Gasteiger partial charge in [0.1, 0.15) is 0 Å². The molecule has 3 rings (SSSR count). The molecule has 0 bridgehead atoms. The van der Waals surface area contributed by atoms with Gasteiger partial charge in [0, 0.05) is 6.04 Å². The van der Waals surface area contributed by atoms with Gasteiger partial charge in [-0.05, 0) is 32.1 Å². The Morgan fingerprint density at radius 3 is 2.47 bits per heavy atom. The maximum atomic E-state index is 12.3. The van der Waals surface area contributed by atoms with Gasteiger partial charge in [0.2, 0.25) is 5.91 Å². The van der Waals surface area contributed by atoms with E-state index in [0.29, 0.717) is 12.3 Å². The van der Waals surface area contributed by atoms with Crippen LogP contribution in [0.25, 0.3) is 0 Å². The van der Waals surface area contributed by atoms with Crippen LogP contribution in [0.4, 0.5) is 0 Å². The molecule has 0 aromatic rings. The lowest BCUT2D eigenvalue weighted by Crippen LogP contribution is -2.48. The molecule has 19 heavy (non-hydrogen) atoms. The zero-order valence-corrected chi connectivity index (χ0v) is 12.2. The third-order valence-electron chi connectivity index (χ3n) is 4.79. The van der Waals surface area contributed by atoms with E-state index < -0.39 is 9.84 Å². The second-order valence-electron chi connectivity index (χ2n) is 6.18. The third kappa shape index (κ3) is 2.40. The van der Waals surface area contributed by atoms with Gasteiger partial charge in [0.05, 0.1) is 23.7 Å². The summed E-state index contributed by atoms with van der Waals surface area (Å²) in [5.41, 5.74) is 0. The summed E-state index contributed by atoms with van der Waals surface area (Å²) < 4.78 is 23.3. The van der Waals surface area contributed by atoms with Crippen molar-refractivity contribution in [3.05, 3.63) is 0 Å². The van der Waals surface area contributed by atoms with Crippen molar-refractivity contribution in [3.63, 3.8) is 0 Å². The molecule has 0 spiro atoms. The van der Waals surface area contributed by atoms with Crippen LogP contribution < -0.4 is 5.32 Å². The first-order valence-corrected chi connectivity index (χ1v) is 9.09. The van der Waals surface area contributed by atoms with Gasteiger partial charge >= 0.3 is 0 Å². The maximum absolute atomic E-state index is 12.3. The number of carbonyl (C=O) groups is 1. The number of hydrogen-bond acceptors (Lipinski definition) is 4. The lowest BCUT2D eigenvalue weighted by Gasteiger charge is -2.33. The van der Waals surface area contributed by atoms with Crippen molar-refractivity contribution in [3.8, 4) is 0 Å². The number of carbonyl (C=O) groups excluding carboxylic acids is 1. The molecule has 3 atom stereocenters. The van der Waals surface area contributed by atoms with Gasteiger partial charge < -0.3 is 4.90 Å². The maximum Gasteiger partial charge on any atom is 0.241 e. The summed E-state index contributed by atoms with van der Waals surface area (Å²) in [6.45, 7) is 1.88. The van der Waals surface area contributed by atoms with Crippen LogP contribution in [0.1, 0.15) is 39.0 Å². The summed E-state index contributed by atoms with van der Waals surface area (Å²) in [4.78, 5) is 14.2. The van der Waals surface area contributed by atoms with E-state index in [1.807, 2.05) is 11.8 Å². The minimum Gasteiger partial charge on any atom is -0.321 e. The fourth-order valence-corrected chi connectivity index (χ4v) is 5.52. The highest BCUT2D eigenvalue weighted by Gasteiger charge is 2.47. The highest BCUT2D eigenvalue weighted by molar-refractivity contribution is 7.91. The van der Waals surface area contributed by atoms with Gasteiger partial charge in [-0.2, -0.15) is 0 Å². The van der Waals surface area contributed by atoms with Crippen molar-refractivity contribution >= 4 is 15.7 Å². The molecule has 3 aliphatic rings. The standard InChI is InChI=1S/C13H22N2O3S/c1-9-13(16)15(11-6-7-19(17,18)8-11)12(14-9)10-4-2-3-5-10/h9-12,14H,2-8H2,1H3. The summed E-state index contributed by atoms with van der Waals surface area (Å²) in [6.07, 6.45) is 5.40. The molecule has 1 saturated carbocycles. The van der Waals surface area contributed by atoms with Crippen LogP contribution in [-0.4, -0.2) is 49.0 Å². The van der Waals surface area contributed by atoms with Gasteiger partial charge in [-0.1, -0.05) is 12.8 Å². The van der Waals surface area contributed by atoms with Crippen LogP contribution in [0.5, 0.6) is 0 Å². The average molecular weight is 286 g/mol. The second-order valence-corrected chi connectivity index (χ2v) is 8.41. The highest BCUT2D eigenvalue weighted by atomic mass is 32.2. The third-order valence-corrected chi connectivity index (χ3v) is 6.54. The minimum absolute atomic E-state index is 0.0586. The first-order valence-electron chi connectivity index (χ1n) is 7.26. The molecule has 1 N–H and O–H groups in total. The first kappa shape index (κ1) is 13.4. The summed E-state index contributed by atoms with van der Waals surface area (Å²) in [5.74, 6) is 0.958. The smallest absolute Gasteiger partial charge is 0.241 e. The Kier molecular flexibility index (Phi) is 3.33. The fraction of sp³-hybridized carbons (Fsp3) is 0.923. The molecule has 0 aromatic carbocycles. The normalized spacial score (nSPS) is 39.3. The molecule has 5 nitrogen and oxygen atoms in total. The van der Waals surface area contributed by atoms with Gasteiger partial charge in [-0.3, -0.25) is 10.1 Å². The Morgan fingerprint density at radius 2 is 1.89 bits per heavy atom. The van der Waals surface area contributed by atoms with E-state index in [2.05, 4.69) is 5.32 Å². The van der Waals surface area contributed by atoms with Gasteiger partial charge in [-0.15, -0.1) is 0 Å². The molecule has 0 radical (unpaired) electrons. The predicted octanol–water partition coefficient (Wildman–Crippen LogP) is 0.510. The number of nitrogens with one attached hydrogen (secondary N) is 1. The number of rotatable bonds is 2. The Balaban J connectivity index is 1.81. The molecular weight excluding hydrogens is 264 g/mol. The SMILES string of the molecule is CC1NC(C2CCCC2)N(C2CCS(=O)(=O)C2)C1=O. The quantitative estimate of drug-likeness (QED) is 0.803. The predicted molar refractivity (Wildman–Crippen MR) is 72.2 cm³/mol. The number of nitrogens with zero attached hydrogens (tertiary/aromatic N) is 1. The molecule has 0 aromatic heterocycles. The highest BCUT2D eigenvalue weighted by Crippen LogP contribution is 2.34. The van der Waals surface area contributed by atoms with Crippen molar-refractivity contribution in [2.75, 3.05) is 11.5 Å². The van der Waals surface area contributed by atoms with Gasteiger partial charge in [-0.25, -0.2) is 8.42 Å². The molecule has 3 fully saturated rings. The number of sulfone groups is 1. The van der Waals surface area contributed by atoms with Crippen LogP contribution in [-0.2, 0) is 14.6 Å². The van der Waals surface area contributed by atoms with Crippen molar-refractivity contribution in [2.45, 2.75) is 57.3 Å². The summed E-state index contributed by atoms with van der Waals surface area (Å²) >= 11 is 0. The Morgan fingerprint density at radius 1 is 1.21 bits per heavy atom.